The fourth-order valence-corrected chi connectivity index (χ4v) is 3.71. The van der Waals surface area contributed by atoms with Crippen molar-refractivity contribution < 1.29 is 4.79 Å². The number of nitrogens with zero attached hydrogens (tertiary/aromatic N) is 2. The first-order valence-electron chi connectivity index (χ1n) is 6.22. The summed E-state index contributed by atoms with van der Waals surface area (Å²) in [6.45, 7) is 4.24. The Labute approximate surface area is 91.4 Å². The lowest BCUT2D eigenvalue weighted by atomic mass is 9.75. The second kappa shape index (κ2) is 3.56. The highest BCUT2D eigenvalue weighted by atomic mass is 16.1. The summed E-state index contributed by atoms with van der Waals surface area (Å²) in [5, 5.41) is 0. The molecule has 3 fully saturated rings. The zero-order valence-corrected chi connectivity index (χ0v) is 9.48. The first-order chi connectivity index (χ1) is 7.25. The van der Waals surface area contributed by atoms with E-state index < -0.39 is 0 Å². The van der Waals surface area contributed by atoms with Crippen LogP contribution in [0.5, 0.6) is 0 Å². The third kappa shape index (κ3) is 1.53. The van der Waals surface area contributed by atoms with E-state index in [-0.39, 0.29) is 0 Å². The summed E-state index contributed by atoms with van der Waals surface area (Å²) in [6.07, 6.45) is 3.90. The van der Waals surface area contributed by atoms with Gasteiger partial charge in [-0.05, 0) is 26.4 Å². The fraction of sp³-hybridized carbons (Fsp3) is 0.917. The van der Waals surface area contributed by atoms with Crippen LogP contribution in [0.3, 0.4) is 0 Å². The minimum absolute atomic E-state index is 0.308. The van der Waals surface area contributed by atoms with Gasteiger partial charge in [0.25, 0.3) is 0 Å². The molecule has 3 rings (SSSR count). The maximum Gasteiger partial charge on any atom is 0.144 e. The van der Waals surface area contributed by atoms with Crippen LogP contribution in [0.1, 0.15) is 19.3 Å². The molecular weight excluding hydrogens is 188 g/mol. The van der Waals surface area contributed by atoms with E-state index in [1.54, 1.807) is 0 Å². The molecule has 0 unspecified atom stereocenters. The average molecular weight is 208 g/mol. The Balaban J connectivity index is 1.85. The maximum absolute atomic E-state index is 12.2. The van der Waals surface area contributed by atoms with Gasteiger partial charge in [-0.2, -0.15) is 0 Å². The Morgan fingerprint density at radius 1 is 1.20 bits per heavy atom. The van der Waals surface area contributed by atoms with Crippen molar-refractivity contribution in [2.24, 2.45) is 11.8 Å². The fourth-order valence-electron chi connectivity index (χ4n) is 3.71. The van der Waals surface area contributed by atoms with Crippen LogP contribution < -0.4 is 0 Å². The smallest absolute Gasteiger partial charge is 0.144 e. The predicted octanol–water partition coefficient (Wildman–Crippen LogP) is 0.601. The minimum Gasteiger partial charge on any atom is -0.305 e. The topological polar surface area (TPSA) is 23.6 Å². The summed E-state index contributed by atoms with van der Waals surface area (Å²) in [6, 6.07) is 0.574. The zero-order valence-electron chi connectivity index (χ0n) is 9.48. The summed E-state index contributed by atoms with van der Waals surface area (Å²) in [5.74, 6) is 1.20. The average Bonchev–Trinajstić information content (AvgIpc) is 2.21. The van der Waals surface area contributed by atoms with Crippen LogP contribution in [0.25, 0.3) is 0 Å². The Bertz CT molecular complexity index is 279. The first kappa shape index (κ1) is 9.79. The van der Waals surface area contributed by atoms with Crippen molar-refractivity contribution in [2.75, 3.05) is 33.2 Å². The van der Waals surface area contributed by atoms with Gasteiger partial charge in [0.05, 0.1) is 0 Å². The van der Waals surface area contributed by atoms with E-state index in [0.717, 1.165) is 19.6 Å². The molecule has 0 aromatic carbocycles. The Kier molecular flexibility index (Phi) is 2.33. The minimum atomic E-state index is 0.308. The molecule has 3 saturated heterocycles. The monoisotopic (exact) mass is 208 g/mol. The van der Waals surface area contributed by atoms with Gasteiger partial charge in [0, 0.05) is 37.5 Å². The molecule has 0 amide bonds. The molecule has 3 aliphatic rings. The van der Waals surface area contributed by atoms with E-state index in [2.05, 4.69) is 16.8 Å². The number of rotatable bonds is 0. The Hall–Kier alpha value is -0.410. The van der Waals surface area contributed by atoms with Gasteiger partial charge in [0.2, 0.25) is 0 Å². The Morgan fingerprint density at radius 2 is 2.07 bits per heavy atom. The summed E-state index contributed by atoms with van der Waals surface area (Å²) in [4.78, 5) is 17.1. The number of ketones is 1. The van der Waals surface area contributed by atoms with E-state index >= 15 is 0 Å². The van der Waals surface area contributed by atoms with Gasteiger partial charge in [0.1, 0.15) is 5.78 Å². The van der Waals surface area contributed by atoms with Crippen LogP contribution in [-0.2, 0) is 4.79 Å². The lowest BCUT2D eigenvalue weighted by Crippen LogP contribution is -2.63. The number of hydrogen-bond acceptors (Lipinski definition) is 3. The number of piperidine rings is 3. The predicted molar refractivity (Wildman–Crippen MR) is 58.7 cm³/mol. The number of Topliss-reactive ketones (excluding diaryl/α,β-unsaturated/α-hetero) is 1. The SMILES string of the molecule is CN1C[C@H]2CN3CCCC[C@@H]3[C@@H](C1)C2=O. The molecule has 2 bridgehead atoms. The summed E-state index contributed by atoms with van der Waals surface area (Å²) >= 11 is 0. The summed E-state index contributed by atoms with van der Waals surface area (Å²) in [7, 11) is 2.16. The number of fused-ring (bicyclic) bond motifs is 4. The zero-order chi connectivity index (χ0) is 10.4. The van der Waals surface area contributed by atoms with Gasteiger partial charge in [-0.1, -0.05) is 6.42 Å². The van der Waals surface area contributed by atoms with Gasteiger partial charge in [-0.3, -0.25) is 9.69 Å². The highest BCUT2D eigenvalue weighted by Crippen LogP contribution is 2.34. The molecular formula is C12H20N2O. The normalized spacial score (nSPS) is 42.7. The molecule has 3 heterocycles. The molecule has 3 heteroatoms. The molecule has 0 aromatic heterocycles. The molecule has 0 aromatic rings. The van der Waals surface area contributed by atoms with Crippen LogP contribution in [0.4, 0.5) is 0 Å². The van der Waals surface area contributed by atoms with Gasteiger partial charge in [-0.25, -0.2) is 0 Å². The van der Waals surface area contributed by atoms with E-state index in [1.165, 1.54) is 25.8 Å². The maximum atomic E-state index is 12.2. The lowest BCUT2D eigenvalue weighted by Gasteiger charge is -2.50. The molecule has 0 N–H and O–H groups in total. The second-order valence-electron chi connectivity index (χ2n) is 5.49. The standard InChI is InChI=1S/C12H20N2O/c1-13-6-9-7-14-5-3-2-4-11(14)10(8-13)12(9)15/h9-11H,2-8H2,1H3/t9-,10+,11+/m0/s1. The molecule has 84 valence electrons. The van der Waals surface area contributed by atoms with Crippen molar-refractivity contribution in [1.29, 1.82) is 0 Å². The number of carbonyl (C=O) groups is 1. The van der Waals surface area contributed by atoms with Crippen LogP contribution in [-0.4, -0.2) is 54.9 Å². The van der Waals surface area contributed by atoms with Crippen LogP contribution in [0, 0.1) is 11.8 Å². The quantitative estimate of drug-likeness (QED) is 0.582. The molecule has 0 aliphatic carbocycles. The van der Waals surface area contributed by atoms with Gasteiger partial charge in [-0.15, -0.1) is 0 Å². The van der Waals surface area contributed by atoms with Crippen LogP contribution >= 0.6 is 0 Å². The third-order valence-corrected chi connectivity index (χ3v) is 4.39. The van der Waals surface area contributed by atoms with Crippen molar-refractivity contribution >= 4 is 5.78 Å². The lowest BCUT2D eigenvalue weighted by molar-refractivity contribution is -0.142. The van der Waals surface area contributed by atoms with Crippen molar-refractivity contribution in [3.63, 3.8) is 0 Å². The highest BCUT2D eigenvalue weighted by molar-refractivity contribution is 5.86. The number of carbonyl (C=O) groups excluding carboxylic acids is 1. The molecule has 3 aliphatic heterocycles. The van der Waals surface area contributed by atoms with Crippen molar-refractivity contribution in [1.82, 2.24) is 9.80 Å². The van der Waals surface area contributed by atoms with E-state index in [1.807, 2.05) is 0 Å². The van der Waals surface area contributed by atoms with Crippen molar-refractivity contribution in [2.45, 2.75) is 25.3 Å². The van der Waals surface area contributed by atoms with Crippen LogP contribution in [0.15, 0.2) is 0 Å². The van der Waals surface area contributed by atoms with Gasteiger partial charge >= 0.3 is 0 Å². The molecule has 0 saturated carbocycles. The molecule has 0 spiro atoms. The van der Waals surface area contributed by atoms with E-state index in [9.17, 15) is 4.79 Å². The van der Waals surface area contributed by atoms with Gasteiger partial charge < -0.3 is 4.90 Å². The van der Waals surface area contributed by atoms with E-state index in [0.29, 0.717) is 23.7 Å². The number of likely N-dealkylation sites (tertiary alicyclic amines) is 1. The van der Waals surface area contributed by atoms with Crippen LogP contribution in [0.2, 0.25) is 0 Å². The summed E-state index contributed by atoms with van der Waals surface area (Å²) in [5.41, 5.74) is 0. The van der Waals surface area contributed by atoms with Gasteiger partial charge in [0.15, 0.2) is 0 Å². The molecule has 15 heavy (non-hydrogen) atoms. The second-order valence-corrected chi connectivity index (χ2v) is 5.49. The van der Waals surface area contributed by atoms with E-state index in [4.69, 9.17) is 0 Å². The van der Waals surface area contributed by atoms with Crippen molar-refractivity contribution in [3.05, 3.63) is 0 Å². The van der Waals surface area contributed by atoms with Crippen molar-refractivity contribution in [3.8, 4) is 0 Å². The molecule has 0 radical (unpaired) electrons. The highest BCUT2D eigenvalue weighted by Gasteiger charge is 2.46. The molecule has 3 nitrogen and oxygen atoms in total. The first-order valence-corrected chi connectivity index (χ1v) is 6.22. The number of hydrogen-bond donors (Lipinski definition) is 0. The largest absolute Gasteiger partial charge is 0.305 e. The summed E-state index contributed by atoms with van der Waals surface area (Å²) < 4.78 is 0. The molecule has 3 atom stereocenters. The third-order valence-electron chi connectivity index (χ3n) is 4.39. The Morgan fingerprint density at radius 3 is 2.93 bits per heavy atom.